The van der Waals surface area contributed by atoms with Gasteiger partial charge in [-0.2, -0.15) is 11.8 Å². The highest BCUT2D eigenvalue weighted by Gasteiger charge is 2.24. The predicted molar refractivity (Wildman–Crippen MR) is 80.5 cm³/mol. The second-order valence-corrected chi connectivity index (χ2v) is 6.95. The predicted octanol–water partition coefficient (Wildman–Crippen LogP) is 2.85. The van der Waals surface area contributed by atoms with Gasteiger partial charge in [0.25, 0.3) is 0 Å². The number of nitrogens with two attached hydrogens (primary N) is 1. The van der Waals surface area contributed by atoms with E-state index >= 15 is 0 Å². The minimum absolute atomic E-state index is 0.349. The third kappa shape index (κ3) is 3.67. The van der Waals surface area contributed by atoms with Gasteiger partial charge in [0.05, 0.1) is 5.69 Å². The Morgan fingerprint density at radius 2 is 2.00 bits per heavy atom. The van der Waals surface area contributed by atoms with Crippen LogP contribution in [-0.4, -0.2) is 34.4 Å². The molecule has 0 radical (unpaired) electrons. The van der Waals surface area contributed by atoms with Crippen molar-refractivity contribution in [3.63, 3.8) is 0 Å². The monoisotopic (exact) mass is 263 g/mol. The number of benzene rings is 1. The van der Waals surface area contributed by atoms with Crippen molar-refractivity contribution in [2.24, 2.45) is 10.7 Å². The first-order valence-corrected chi connectivity index (χ1v) is 7.33. The van der Waals surface area contributed by atoms with Crippen LogP contribution in [0.5, 0.6) is 0 Å². The molecule has 1 fully saturated rings. The number of para-hydroxylation sites is 1. The topological polar surface area (TPSA) is 41.6 Å². The van der Waals surface area contributed by atoms with Crippen LogP contribution in [-0.2, 0) is 0 Å². The fourth-order valence-electron chi connectivity index (χ4n) is 1.95. The van der Waals surface area contributed by atoms with Gasteiger partial charge in [-0.05, 0) is 18.6 Å². The van der Waals surface area contributed by atoms with Gasteiger partial charge < -0.3 is 10.6 Å². The summed E-state index contributed by atoms with van der Waals surface area (Å²) in [7, 11) is 0. The number of aliphatic imine (C=N–C) groups is 1. The van der Waals surface area contributed by atoms with E-state index < -0.39 is 0 Å². The van der Waals surface area contributed by atoms with Crippen LogP contribution >= 0.6 is 11.8 Å². The summed E-state index contributed by atoms with van der Waals surface area (Å²) in [5.74, 6) is 1.75. The van der Waals surface area contributed by atoms with Gasteiger partial charge >= 0.3 is 0 Å². The smallest absolute Gasteiger partial charge is 0.196 e. The maximum atomic E-state index is 6.11. The highest BCUT2D eigenvalue weighted by Crippen LogP contribution is 2.30. The third-order valence-corrected chi connectivity index (χ3v) is 4.53. The minimum atomic E-state index is 0.349. The van der Waals surface area contributed by atoms with Gasteiger partial charge in [0, 0.05) is 23.6 Å². The van der Waals surface area contributed by atoms with Crippen LogP contribution in [0.1, 0.15) is 20.3 Å². The first kappa shape index (κ1) is 13.3. The van der Waals surface area contributed by atoms with Gasteiger partial charge in [0.1, 0.15) is 0 Å². The Bertz CT molecular complexity index is 414. The van der Waals surface area contributed by atoms with Crippen LogP contribution in [0.4, 0.5) is 5.69 Å². The van der Waals surface area contributed by atoms with E-state index in [2.05, 4.69) is 23.7 Å². The van der Waals surface area contributed by atoms with E-state index in [4.69, 9.17) is 5.73 Å². The molecule has 3 nitrogen and oxygen atoms in total. The molecule has 1 heterocycles. The lowest BCUT2D eigenvalue weighted by atomic mass is 10.1. The fraction of sp³-hybridized carbons (Fsp3) is 0.500. The first-order valence-electron chi connectivity index (χ1n) is 6.35. The van der Waals surface area contributed by atoms with Crippen molar-refractivity contribution in [2.45, 2.75) is 25.0 Å². The van der Waals surface area contributed by atoms with Gasteiger partial charge in [-0.3, -0.25) is 0 Å². The van der Waals surface area contributed by atoms with E-state index in [1.807, 2.05) is 42.1 Å². The second-order valence-electron chi connectivity index (χ2n) is 5.15. The molecule has 0 bridgehead atoms. The molecule has 2 N–H and O–H groups in total. The second kappa shape index (κ2) is 5.65. The average Bonchev–Trinajstić information content (AvgIpc) is 2.51. The molecule has 0 saturated carbocycles. The summed E-state index contributed by atoms with van der Waals surface area (Å²) >= 11 is 2.02. The highest BCUT2D eigenvalue weighted by molar-refractivity contribution is 8.00. The number of hydrogen-bond donors (Lipinski definition) is 1. The molecule has 0 atom stereocenters. The van der Waals surface area contributed by atoms with Crippen molar-refractivity contribution >= 4 is 23.4 Å². The molecule has 0 unspecified atom stereocenters. The standard InChI is InChI=1S/C14H21N3S/c1-14(2)8-9-17(10-11-18-14)13(15)16-12-6-4-3-5-7-12/h3-7H,8-11H2,1-2H3,(H2,15,16). The van der Waals surface area contributed by atoms with E-state index in [-0.39, 0.29) is 0 Å². The lowest BCUT2D eigenvalue weighted by molar-refractivity contribution is 0.419. The van der Waals surface area contributed by atoms with Crippen LogP contribution in [0.3, 0.4) is 0 Å². The van der Waals surface area contributed by atoms with Crippen molar-refractivity contribution in [2.75, 3.05) is 18.8 Å². The average molecular weight is 263 g/mol. The molecule has 0 spiro atoms. The van der Waals surface area contributed by atoms with Crippen molar-refractivity contribution in [3.05, 3.63) is 30.3 Å². The Hall–Kier alpha value is -1.16. The number of thioether (sulfide) groups is 1. The molecule has 1 aliphatic heterocycles. The van der Waals surface area contributed by atoms with Crippen molar-refractivity contribution in [3.8, 4) is 0 Å². The number of guanidine groups is 1. The first-order chi connectivity index (χ1) is 8.57. The van der Waals surface area contributed by atoms with Crippen molar-refractivity contribution < 1.29 is 0 Å². The van der Waals surface area contributed by atoms with Gasteiger partial charge in [-0.15, -0.1) is 0 Å². The lowest BCUT2D eigenvalue weighted by Crippen LogP contribution is -2.39. The Kier molecular flexibility index (Phi) is 4.17. The molecule has 0 aliphatic carbocycles. The zero-order chi connectivity index (χ0) is 13.0. The number of nitrogens with zero attached hydrogens (tertiary/aromatic N) is 2. The van der Waals surface area contributed by atoms with E-state index in [1.54, 1.807) is 0 Å². The molecule has 1 aromatic carbocycles. The highest BCUT2D eigenvalue weighted by atomic mass is 32.2. The summed E-state index contributed by atoms with van der Waals surface area (Å²) in [4.78, 5) is 6.67. The van der Waals surface area contributed by atoms with Crippen LogP contribution < -0.4 is 5.73 Å². The summed E-state index contributed by atoms with van der Waals surface area (Å²) in [6.45, 7) is 6.57. The molecular weight excluding hydrogens is 242 g/mol. The number of hydrogen-bond acceptors (Lipinski definition) is 2. The van der Waals surface area contributed by atoms with Gasteiger partial charge in [-0.25, -0.2) is 4.99 Å². The molecule has 1 aliphatic rings. The minimum Gasteiger partial charge on any atom is -0.369 e. The summed E-state index contributed by atoms with van der Waals surface area (Å²) in [6, 6.07) is 9.90. The summed E-state index contributed by atoms with van der Waals surface area (Å²) in [5, 5.41) is 0. The molecule has 4 heteroatoms. The maximum Gasteiger partial charge on any atom is 0.196 e. The summed E-state index contributed by atoms with van der Waals surface area (Å²) < 4.78 is 0.349. The Morgan fingerprint density at radius 1 is 1.28 bits per heavy atom. The van der Waals surface area contributed by atoms with Gasteiger partial charge in [0.2, 0.25) is 0 Å². The maximum absolute atomic E-state index is 6.11. The largest absolute Gasteiger partial charge is 0.369 e. The van der Waals surface area contributed by atoms with Crippen molar-refractivity contribution in [1.82, 2.24) is 4.90 Å². The van der Waals surface area contributed by atoms with Crippen LogP contribution in [0.25, 0.3) is 0 Å². The lowest BCUT2D eigenvalue weighted by Gasteiger charge is -2.23. The van der Waals surface area contributed by atoms with E-state index in [0.717, 1.165) is 31.0 Å². The Labute approximate surface area is 113 Å². The molecule has 0 amide bonds. The van der Waals surface area contributed by atoms with E-state index in [1.165, 1.54) is 0 Å². The Morgan fingerprint density at radius 3 is 2.72 bits per heavy atom. The zero-order valence-corrected chi connectivity index (χ0v) is 11.9. The van der Waals surface area contributed by atoms with E-state index in [9.17, 15) is 0 Å². The molecular formula is C14H21N3S. The Balaban J connectivity index is 2.05. The molecule has 2 rings (SSSR count). The van der Waals surface area contributed by atoms with E-state index in [0.29, 0.717) is 10.7 Å². The number of rotatable bonds is 1. The molecule has 98 valence electrons. The third-order valence-electron chi connectivity index (χ3n) is 3.16. The van der Waals surface area contributed by atoms with Crippen LogP contribution in [0.2, 0.25) is 0 Å². The van der Waals surface area contributed by atoms with Crippen LogP contribution in [0, 0.1) is 0 Å². The van der Waals surface area contributed by atoms with Gasteiger partial charge in [-0.1, -0.05) is 32.0 Å². The normalized spacial score (nSPS) is 20.6. The molecule has 1 saturated heterocycles. The van der Waals surface area contributed by atoms with Gasteiger partial charge in [0.15, 0.2) is 5.96 Å². The molecule has 18 heavy (non-hydrogen) atoms. The summed E-state index contributed by atoms with van der Waals surface area (Å²) in [6.07, 6.45) is 1.14. The molecule has 1 aromatic rings. The van der Waals surface area contributed by atoms with Crippen LogP contribution in [0.15, 0.2) is 35.3 Å². The SMILES string of the molecule is CC1(C)CCN(C(N)=Nc2ccccc2)CCS1. The summed E-state index contributed by atoms with van der Waals surface area (Å²) in [5.41, 5.74) is 7.03. The zero-order valence-electron chi connectivity index (χ0n) is 11.1. The molecule has 0 aromatic heterocycles. The van der Waals surface area contributed by atoms with Crippen molar-refractivity contribution in [1.29, 1.82) is 0 Å². The fourth-order valence-corrected chi connectivity index (χ4v) is 3.05. The quantitative estimate of drug-likeness (QED) is 0.626.